The molecule has 0 amide bonds. The van der Waals surface area contributed by atoms with E-state index in [1.165, 1.54) is 6.07 Å². The summed E-state index contributed by atoms with van der Waals surface area (Å²) in [5.41, 5.74) is 0. The van der Waals surface area contributed by atoms with Gasteiger partial charge in [0.15, 0.2) is 0 Å². The monoisotopic (exact) mass is 198 g/mol. The Bertz CT molecular complexity index is 303. The van der Waals surface area contributed by atoms with Crippen molar-refractivity contribution >= 4 is 5.97 Å². The summed E-state index contributed by atoms with van der Waals surface area (Å²) in [6.07, 6.45) is 1.53. The number of aliphatic hydroxyl groups excluding tert-OH is 1. The first kappa shape index (κ1) is 10.8. The Labute approximate surface area is 82.2 Å². The maximum absolute atomic E-state index is 10.5. The van der Waals surface area contributed by atoms with E-state index < -0.39 is 5.97 Å². The third-order valence-corrected chi connectivity index (χ3v) is 2.07. The highest BCUT2D eigenvalue weighted by molar-refractivity contribution is 5.84. The Morgan fingerprint density at radius 2 is 2.29 bits per heavy atom. The van der Waals surface area contributed by atoms with Gasteiger partial charge in [0, 0.05) is 6.42 Å². The summed E-state index contributed by atoms with van der Waals surface area (Å²) in [7, 11) is 0. The topological polar surface area (TPSA) is 70.7 Å². The van der Waals surface area contributed by atoms with E-state index in [4.69, 9.17) is 9.52 Å². The SMILES string of the molecule is CC[C@H](O)CCc1ccc(C(=O)O)o1. The summed E-state index contributed by atoms with van der Waals surface area (Å²) >= 11 is 0. The molecule has 1 aromatic rings. The molecule has 0 aliphatic rings. The van der Waals surface area contributed by atoms with E-state index in [9.17, 15) is 9.90 Å². The molecule has 0 aliphatic carbocycles. The first-order valence-electron chi connectivity index (χ1n) is 4.63. The number of rotatable bonds is 5. The molecule has 1 rings (SSSR count). The summed E-state index contributed by atoms with van der Waals surface area (Å²) in [5, 5.41) is 17.9. The van der Waals surface area contributed by atoms with Crippen molar-refractivity contribution in [1.29, 1.82) is 0 Å². The normalized spacial score (nSPS) is 12.7. The fraction of sp³-hybridized carbons (Fsp3) is 0.500. The molecule has 0 fully saturated rings. The molecular weight excluding hydrogens is 184 g/mol. The summed E-state index contributed by atoms with van der Waals surface area (Å²) in [4.78, 5) is 10.5. The Hall–Kier alpha value is -1.29. The van der Waals surface area contributed by atoms with Crippen LogP contribution in [-0.2, 0) is 6.42 Å². The highest BCUT2D eigenvalue weighted by Crippen LogP contribution is 2.11. The first-order chi connectivity index (χ1) is 6.63. The molecule has 0 saturated heterocycles. The second-order valence-electron chi connectivity index (χ2n) is 3.17. The van der Waals surface area contributed by atoms with Gasteiger partial charge in [0.25, 0.3) is 0 Å². The molecule has 0 aromatic carbocycles. The van der Waals surface area contributed by atoms with Crippen LogP contribution in [-0.4, -0.2) is 22.3 Å². The lowest BCUT2D eigenvalue weighted by Gasteiger charge is -2.04. The first-order valence-corrected chi connectivity index (χ1v) is 4.63. The molecule has 1 atom stereocenters. The van der Waals surface area contributed by atoms with E-state index in [1.807, 2.05) is 6.92 Å². The lowest BCUT2D eigenvalue weighted by molar-refractivity contribution is 0.0660. The Balaban J connectivity index is 2.48. The quantitative estimate of drug-likeness (QED) is 0.755. The summed E-state index contributed by atoms with van der Waals surface area (Å²) in [5.74, 6) is -0.506. The van der Waals surface area contributed by atoms with Crippen molar-refractivity contribution in [3.63, 3.8) is 0 Å². The second-order valence-corrected chi connectivity index (χ2v) is 3.17. The smallest absolute Gasteiger partial charge is 0.371 e. The van der Waals surface area contributed by atoms with Gasteiger partial charge in [-0.1, -0.05) is 6.92 Å². The highest BCUT2D eigenvalue weighted by Gasteiger charge is 2.09. The summed E-state index contributed by atoms with van der Waals surface area (Å²) < 4.78 is 5.03. The fourth-order valence-electron chi connectivity index (χ4n) is 1.14. The fourth-order valence-corrected chi connectivity index (χ4v) is 1.14. The van der Waals surface area contributed by atoms with Crippen molar-refractivity contribution in [2.75, 3.05) is 0 Å². The van der Waals surface area contributed by atoms with Crippen molar-refractivity contribution in [2.45, 2.75) is 32.3 Å². The van der Waals surface area contributed by atoms with Gasteiger partial charge in [-0.25, -0.2) is 4.79 Å². The molecule has 14 heavy (non-hydrogen) atoms. The second kappa shape index (κ2) is 4.81. The van der Waals surface area contributed by atoms with Crippen LogP contribution in [0.1, 0.15) is 36.1 Å². The van der Waals surface area contributed by atoms with Gasteiger partial charge >= 0.3 is 5.97 Å². The number of hydrogen-bond acceptors (Lipinski definition) is 3. The highest BCUT2D eigenvalue weighted by atomic mass is 16.4. The van der Waals surface area contributed by atoms with Crippen LogP contribution in [0.4, 0.5) is 0 Å². The molecule has 2 N–H and O–H groups in total. The lowest BCUT2D eigenvalue weighted by atomic mass is 10.1. The largest absolute Gasteiger partial charge is 0.475 e. The van der Waals surface area contributed by atoms with Gasteiger partial charge in [-0.2, -0.15) is 0 Å². The van der Waals surface area contributed by atoms with Crippen molar-refractivity contribution in [3.8, 4) is 0 Å². The van der Waals surface area contributed by atoms with E-state index in [2.05, 4.69) is 0 Å². The molecule has 0 saturated carbocycles. The van der Waals surface area contributed by atoms with Crippen molar-refractivity contribution in [2.24, 2.45) is 0 Å². The number of carbonyl (C=O) groups is 1. The van der Waals surface area contributed by atoms with Crippen LogP contribution < -0.4 is 0 Å². The van der Waals surface area contributed by atoms with Crippen LogP contribution in [0.2, 0.25) is 0 Å². The molecule has 4 heteroatoms. The molecule has 78 valence electrons. The average molecular weight is 198 g/mol. The molecular formula is C10H14O4. The minimum atomic E-state index is -1.06. The number of carboxylic acid groups (broad SMARTS) is 1. The molecule has 0 unspecified atom stereocenters. The zero-order valence-corrected chi connectivity index (χ0v) is 8.06. The molecule has 0 aliphatic heterocycles. The van der Waals surface area contributed by atoms with Gasteiger partial charge < -0.3 is 14.6 Å². The van der Waals surface area contributed by atoms with E-state index in [-0.39, 0.29) is 11.9 Å². The standard InChI is InChI=1S/C10H14O4/c1-2-7(11)3-4-8-5-6-9(14-8)10(12)13/h5-7,11H,2-4H2,1H3,(H,12,13)/t7-/m0/s1. The third-order valence-electron chi connectivity index (χ3n) is 2.07. The van der Waals surface area contributed by atoms with E-state index in [0.29, 0.717) is 25.0 Å². The van der Waals surface area contributed by atoms with Gasteiger partial charge in [-0.3, -0.25) is 0 Å². The zero-order valence-electron chi connectivity index (χ0n) is 8.06. The van der Waals surface area contributed by atoms with Crippen LogP contribution in [0.5, 0.6) is 0 Å². The van der Waals surface area contributed by atoms with Crippen LogP contribution in [0, 0.1) is 0 Å². The van der Waals surface area contributed by atoms with Crippen molar-refractivity contribution < 1.29 is 19.4 Å². The predicted molar refractivity (Wildman–Crippen MR) is 50.3 cm³/mol. The molecule has 1 aromatic heterocycles. The van der Waals surface area contributed by atoms with Crippen molar-refractivity contribution in [1.82, 2.24) is 0 Å². The number of furan rings is 1. The van der Waals surface area contributed by atoms with Crippen LogP contribution in [0.3, 0.4) is 0 Å². The van der Waals surface area contributed by atoms with Crippen LogP contribution >= 0.6 is 0 Å². The van der Waals surface area contributed by atoms with Crippen LogP contribution in [0.25, 0.3) is 0 Å². The molecule has 0 spiro atoms. The molecule has 4 nitrogen and oxygen atoms in total. The van der Waals surface area contributed by atoms with Crippen LogP contribution in [0.15, 0.2) is 16.5 Å². The number of aromatic carboxylic acids is 1. The van der Waals surface area contributed by atoms with Gasteiger partial charge in [-0.15, -0.1) is 0 Å². The zero-order chi connectivity index (χ0) is 10.6. The number of aliphatic hydroxyl groups is 1. The molecule has 0 bridgehead atoms. The average Bonchev–Trinajstić information content (AvgIpc) is 2.62. The van der Waals surface area contributed by atoms with E-state index >= 15 is 0 Å². The van der Waals surface area contributed by atoms with E-state index in [1.54, 1.807) is 6.07 Å². The summed E-state index contributed by atoms with van der Waals surface area (Å²) in [6.45, 7) is 1.90. The molecule has 1 heterocycles. The van der Waals surface area contributed by atoms with Gasteiger partial charge in [0.1, 0.15) is 5.76 Å². The lowest BCUT2D eigenvalue weighted by Crippen LogP contribution is -2.05. The number of carboxylic acids is 1. The van der Waals surface area contributed by atoms with Gasteiger partial charge in [0.2, 0.25) is 5.76 Å². The van der Waals surface area contributed by atoms with Crippen molar-refractivity contribution in [3.05, 3.63) is 23.7 Å². The Morgan fingerprint density at radius 1 is 1.57 bits per heavy atom. The Kier molecular flexibility index (Phi) is 3.71. The van der Waals surface area contributed by atoms with E-state index in [0.717, 1.165) is 0 Å². The summed E-state index contributed by atoms with van der Waals surface area (Å²) in [6, 6.07) is 3.06. The Morgan fingerprint density at radius 3 is 2.79 bits per heavy atom. The number of hydrogen-bond donors (Lipinski definition) is 2. The van der Waals surface area contributed by atoms with Gasteiger partial charge in [-0.05, 0) is 25.0 Å². The number of aryl methyl sites for hydroxylation is 1. The minimum absolute atomic E-state index is 0.0500. The molecule has 0 radical (unpaired) electrons. The maximum Gasteiger partial charge on any atom is 0.371 e. The predicted octanol–water partition coefficient (Wildman–Crippen LogP) is 1.68. The van der Waals surface area contributed by atoms with Gasteiger partial charge in [0.05, 0.1) is 6.10 Å². The third kappa shape index (κ3) is 2.88. The maximum atomic E-state index is 10.5. The minimum Gasteiger partial charge on any atom is -0.475 e.